The van der Waals surface area contributed by atoms with Gasteiger partial charge in [0.05, 0.1) is 11.6 Å². The number of fused-ring (bicyclic) bond motifs is 3. The molecule has 3 nitrogen and oxygen atoms in total. The second-order valence-electron chi connectivity index (χ2n) is 6.31. The zero-order valence-corrected chi connectivity index (χ0v) is 11.5. The van der Waals surface area contributed by atoms with Crippen molar-refractivity contribution in [1.82, 2.24) is 0 Å². The van der Waals surface area contributed by atoms with E-state index < -0.39 is 5.60 Å². The van der Waals surface area contributed by atoms with Crippen LogP contribution in [0.3, 0.4) is 0 Å². The van der Waals surface area contributed by atoms with Crippen molar-refractivity contribution in [3.63, 3.8) is 0 Å². The van der Waals surface area contributed by atoms with Gasteiger partial charge in [0, 0.05) is 29.9 Å². The quantitative estimate of drug-likeness (QED) is 0.865. The number of anilines is 1. The third kappa shape index (κ3) is 1.88. The molecule has 2 N–H and O–H groups in total. The predicted molar refractivity (Wildman–Crippen MR) is 81.2 cm³/mol. The van der Waals surface area contributed by atoms with Crippen LogP contribution in [0, 0.1) is 0 Å². The van der Waals surface area contributed by atoms with Gasteiger partial charge in [-0.15, -0.1) is 0 Å². The van der Waals surface area contributed by atoms with Crippen LogP contribution in [0.15, 0.2) is 41.5 Å². The monoisotopic (exact) mass is 268 g/mol. The summed E-state index contributed by atoms with van der Waals surface area (Å²) in [6.45, 7) is 0. The van der Waals surface area contributed by atoms with Gasteiger partial charge in [-0.05, 0) is 24.5 Å². The van der Waals surface area contributed by atoms with Crippen molar-refractivity contribution >= 4 is 11.4 Å². The lowest BCUT2D eigenvalue weighted by Crippen LogP contribution is -2.38. The van der Waals surface area contributed by atoms with Gasteiger partial charge in [0.1, 0.15) is 0 Å². The van der Waals surface area contributed by atoms with Gasteiger partial charge in [-0.2, -0.15) is 0 Å². The number of nitrogens with zero attached hydrogens (tertiary/aromatic N) is 1. The van der Waals surface area contributed by atoms with Crippen molar-refractivity contribution in [2.45, 2.75) is 49.7 Å². The largest absolute Gasteiger partial charge is 0.389 e. The maximum atomic E-state index is 10.6. The standard InChI is InChI=1S/C17H20N2O/c20-17(8-3-4-9-17)11-15-16-13(7-10-18-15)12-5-1-2-6-14(12)19-16/h1-2,5-7,10,13,16,19-20H,3-4,8-9,11H2. The van der Waals surface area contributed by atoms with E-state index >= 15 is 0 Å². The van der Waals surface area contributed by atoms with Crippen LogP contribution in [-0.4, -0.2) is 22.5 Å². The zero-order chi connectivity index (χ0) is 13.6. The molecule has 1 aliphatic carbocycles. The van der Waals surface area contributed by atoms with Gasteiger partial charge in [-0.1, -0.05) is 37.1 Å². The van der Waals surface area contributed by atoms with Crippen molar-refractivity contribution in [2.24, 2.45) is 4.99 Å². The molecule has 0 amide bonds. The highest BCUT2D eigenvalue weighted by atomic mass is 16.3. The van der Waals surface area contributed by atoms with Crippen molar-refractivity contribution in [1.29, 1.82) is 0 Å². The molecule has 1 saturated carbocycles. The molecule has 0 saturated heterocycles. The first kappa shape index (κ1) is 12.2. The fraction of sp³-hybridized carbons (Fsp3) is 0.471. The first-order valence-corrected chi connectivity index (χ1v) is 7.56. The number of aliphatic hydroxyl groups is 1. The summed E-state index contributed by atoms with van der Waals surface area (Å²) in [4.78, 5) is 4.58. The Kier molecular flexibility index (Phi) is 2.71. The van der Waals surface area contributed by atoms with E-state index in [1.165, 1.54) is 11.3 Å². The fourth-order valence-corrected chi connectivity index (χ4v) is 3.88. The normalized spacial score (nSPS) is 29.6. The molecule has 1 aromatic rings. The smallest absolute Gasteiger partial charge is 0.0751 e. The maximum Gasteiger partial charge on any atom is 0.0751 e. The summed E-state index contributed by atoms with van der Waals surface area (Å²) >= 11 is 0. The summed E-state index contributed by atoms with van der Waals surface area (Å²) in [6.07, 6.45) is 8.91. The second-order valence-corrected chi connectivity index (χ2v) is 6.31. The Balaban J connectivity index is 1.61. The molecular formula is C17H20N2O. The van der Waals surface area contributed by atoms with Crippen LogP contribution in [0.25, 0.3) is 0 Å². The van der Waals surface area contributed by atoms with Crippen LogP contribution in [0.2, 0.25) is 0 Å². The van der Waals surface area contributed by atoms with Gasteiger partial charge in [0.15, 0.2) is 0 Å². The number of hydrogen-bond acceptors (Lipinski definition) is 3. The average molecular weight is 268 g/mol. The van der Waals surface area contributed by atoms with E-state index in [4.69, 9.17) is 0 Å². The van der Waals surface area contributed by atoms with Crippen LogP contribution < -0.4 is 5.32 Å². The molecule has 4 rings (SSSR count). The van der Waals surface area contributed by atoms with Crippen molar-refractivity contribution in [3.8, 4) is 0 Å². The molecule has 2 unspecified atom stereocenters. The van der Waals surface area contributed by atoms with E-state index in [1.54, 1.807) is 0 Å². The number of aliphatic imine (C=N–C) groups is 1. The molecule has 2 heterocycles. The third-order valence-electron chi connectivity index (χ3n) is 4.93. The number of rotatable bonds is 2. The minimum atomic E-state index is -0.523. The summed E-state index contributed by atoms with van der Waals surface area (Å²) in [5.41, 5.74) is 3.14. The average Bonchev–Trinajstić information content (AvgIpc) is 3.04. The Morgan fingerprint density at radius 3 is 2.90 bits per heavy atom. The molecule has 1 aromatic carbocycles. The molecule has 0 radical (unpaired) electrons. The Morgan fingerprint density at radius 1 is 1.25 bits per heavy atom. The molecule has 2 aliphatic heterocycles. The van der Waals surface area contributed by atoms with Gasteiger partial charge in [0.25, 0.3) is 0 Å². The van der Waals surface area contributed by atoms with Gasteiger partial charge in [-0.25, -0.2) is 0 Å². The number of hydrogen-bond donors (Lipinski definition) is 2. The van der Waals surface area contributed by atoms with Crippen LogP contribution >= 0.6 is 0 Å². The van der Waals surface area contributed by atoms with Gasteiger partial charge in [-0.3, -0.25) is 4.99 Å². The topological polar surface area (TPSA) is 44.6 Å². The van der Waals surface area contributed by atoms with Crippen molar-refractivity contribution in [3.05, 3.63) is 42.1 Å². The minimum absolute atomic E-state index is 0.224. The summed E-state index contributed by atoms with van der Waals surface area (Å²) in [5.74, 6) is 0.365. The Labute approximate surface area is 119 Å². The first-order valence-electron chi connectivity index (χ1n) is 7.56. The molecule has 0 bridgehead atoms. The summed E-state index contributed by atoms with van der Waals surface area (Å²) < 4.78 is 0. The van der Waals surface area contributed by atoms with E-state index in [0.29, 0.717) is 12.3 Å². The van der Waals surface area contributed by atoms with E-state index in [-0.39, 0.29) is 6.04 Å². The molecule has 3 heteroatoms. The highest BCUT2D eigenvalue weighted by Gasteiger charge is 2.40. The lowest BCUT2D eigenvalue weighted by atomic mass is 9.85. The Morgan fingerprint density at radius 2 is 2.05 bits per heavy atom. The Hall–Kier alpha value is -1.61. The first-order chi connectivity index (χ1) is 9.75. The molecule has 1 fully saturated rings. The minimum Gasteiger partial charge on any atom is -0.389 e. The SMILES string of the molecule is OC1(CC2=NC=CC3c4ccccc4NC23)CCCC1. The lowest BCUT2D eigenvalue weighted by Gasteiger charge is -2.29. The van der Waals surface area contributed by atoms with Gasteiger partial charge in [0.2, 0.25) is 0 Å². The van der Waals surface area contributed by atoms with Crippen LogP contribution in [0.5, 0.6) is 0 Å². The molecule has 104 valence electrons. The summed E-state index contributed by atoms with van der Waals surface area (Å²) in [5, 5.41) is 14.2. The van der Waals surface area contributed by atoms with Crippen LogP contribution in [0.1, 0.15) is 43.6 Å². The van der Waals surface area contributed by atoms with E-state index in [2.05, 4.69) is 40.7 Å². The van der Waals surface area contributed by atoms with E-state index in [9.17, 15) is 5.11 Å². The molecular weight excluding hydrogens is 248 g/mol. The highest BCUT2D eigenvalue weighted by molar-refractivity contribution is 5.97. The van der Waals surface area contributed by atoms with Crippen LogP contribution in [0.4, 0.5) is 5.69 Å². The third-order valence-corrected chi connectivity index (χ3v) is 4.93. The van der Waals surface area contributed by atoms with Gasteiger partial charge >= 0.3 is 0 Å². The summed E-state index contributed by atoms with van der Waals surface area (Å²) in [7, 11) is 0. The second kappa shape index (κ2) is 4.45. The zero-order valence-electron chi connectivity index (χ0n) is 11.5. The number of benzene rings is 1. The fourth-order valence-electron chi connectivity index (χ4n) is 3.88. The Bertz CT molecular complexity index is 584. The summed E-state index contributed by atoms with van der Waals surface area (Å²) in [6, 6.07) is 8.69. The molecule has 2 atom stereocenters. The molecule has 0 spiro atoms. The molecule has 3 aliphatic rings. The number of nitrogens with one attached hydrogen (secondary N) is 1. The van der Waals surface area contributed by atoms with E-state index in [0.717, 1.165) is 31.4 Å². The van der Waals surface area contributed by atoms with E-state index in [1.807, 2.05) is 6.20 Å². The predicted octanol–water partition coefficient (Wildman–Crippen LogP) is 3.23. The number of para-hydroxylation sites is 1. The lowest BCUT2D eigenvalue weighted by molar-refractivity contribution is 0.0548. The van der Waals surface area contributed by atoms with Crippen molar-refractivity contribution < 1.29 is 5.11 Å². The van der Waals surface area contributed by atoms with Gasteiger partial charge < -0.3 is 10.4 Å². The van der Waals surface area contributed by atoms with Crippen LogP contribution in [-0.2, 0) is 0 Å². The molecule has 0 aromatic heterocycles. The maximum absolute atomic E-state index is 10.6. The highest BCUT2D eigenvalue weighted by Crippen LogP contribution is 2.41. The molecule has 20 heavy (non-hydrogen) atoms. The van der Waals surface area contributed by atoms with Crippen molar-refractivity contribution in [2.75, 3.05) is 5.32 Å².